The number of hydrogen-bond acceptors (Lipinski definition) is 8. The van der Waals surface area contributed by atoms with E-state index in [0.29, 0.717) is 23.9 Å². The molecule has 0 aromatic heterocycles. The highest BCUT2D eigenvalue weighted by atomic mass is 16.7. The summed E-state index contributed by atoms with van der Waals surface area (Å²) in [6, 6.07) is 0. The summed E-state index contributed by atoms with van der Waals surface area (Å²) in [5.41, 5.74) is 0. The van der Waals surface area contributed by atoms with Crippen molar-refractivity contribution in [1.29, 1.82) is 0 Å². The number of esters is 2. The van der Waals surface area contributed by atoms with E-state index in [0.717, 1.165) is 70.6 Å². The Hall–Kier alpha value is -2.49. The monoisotopic (exact) mass is 960 g/mol. The van der Waals surface area contributed by atoms with Gasteiger partial charge in [0.2, 0.25) is 0 Å². The molecule has 0 fully saturated rings. The van der Waals surface area contributed by atoms with Crippen molar-refractivity contribution in [2.45, 2.75) is 277 Å². The Labute approximate surface area is 420 Å². The summed E-state index contributed by atoms with van der Waals surface area (Å²) >= 11 is 0. The number of carboxylic acid groups (broad SMARTS) is 1. The van der Waals surface area contributed by atoms with Gasteiger partial charge in [-0.15, -0.1) is 0 Å². The topological polar surface area (TPSA) is 111 Å². The molecule has 9 nitrogen and oxygen atoms in total. The first-order chi connectivity index (χ1) is 33.1. The number of unbranched alkanes of at least 4 members (excludes halogenated alkanes) is 32. The second-order valence-electron chi connectivity index (χ2n) is 20.6. The molecule has 0 bridgehead atoms. The van der Waals surface area contributed by atoms with Crippen molar-refractivity contribution in [3.05, 3.63) is 36.5 Å². The van der Waals surface area contributed by atoms with Crippen LogP contribution in [0.5, 0.6) is 0 Å². The number of nitrogens with zero attached hydrogens (tertiary/aromatic N) is 1. The van der Waals surface area contributed by atoms with Gasteiger partial charge in [-0.05, 0) is 51.4 Å². The molecule has 0 radical (unpaired) electrons. The van der Waals surface area contributed by atoms with Crippen LogP contribution in [0.25, 0.3) is 0 Å². The molecule has 0 aromatic rings. The highest BCUT2D eigenvalue weighted by molar-refractivity contribution is 5.70. The molecule has 0 spiro atoms. The number of aliphatic carboxylic acids is 1. The Kier molecular flexibility index (Phi) is 49.0. The molecule has 0 saturated carbocycles. The van der Waals surface area contributed by atoms with Crippen molar-refractivity contribution >= 4 is 17.9 Å². The third-order valence-electron chi connectivity index (χ3n) is 12.6. The fourth-order valence-corrected chi connectivity index (χ4v) is 8.19. The maximum Gasteiger partial charge on any atom is 0.306 e. The Morgan fingerprint density at radius 3 is 1.18 bits per heavy atom. The quantitative estimate of drug-likeness (QED) is 0.0195. The Balaban J connectivity index is 4.27. The third-order valence-corrected chi connectivity index (χ3v) is 12.6. The van der Waals surface area contributed by atoms with E-state index in [2.05, 4.69) is 50.3 Å². The minimum atomic E-state index is -1.62. The van der Waals surface area contributed by atoms with Crippen molar-refractivity contribution in [3.8, 4) is 0 Å². The van der Waals surface area contributed by atoms with Crippen LogP contribution in [0.15, 0.2) is 36.5 Å². The predicted octanol–water partition coefficient (Wildman–Crippen LogP) is 15.2. The zero-order valence-electron chi connectivity index (χ0n) is 45.2. The van der Waals surface area contributed by atoms with E-state index in [-0.39, 0.29) is 32.2 Å². The van der Waals surface area contributed by atoms with Crippen LogP contribution < -0.4 is 5.11 Å². The number of carbonyl (C=O) groups excluding carboxylic acids is 3. The summed E-state index contributed by atoms with van der Waals surface area (Å²) in [7, 11) is 5.92. The van der Waals surface area contributed by atoms with Crippen LogP contribution in [0.3, 0.4) is 0 Å². The summed E-state index contributed by atoms with van der Waals surface area (Å²) < 4.78 is 22.7. The fraction of sp³-hybridized carbons (Fsp3) is 0.847. The van der Waals surface area contributed by atoms with Crippen molar-refractivity contribution in [2.75, 3.05) is 47.5 Å². The van der Waals surface area contributed by atoms with Crippen molar-refractivity contribution in [3.63, 3.8) is 0 Å². The van der Waals surface area contributed by atoms with Crippen LogP contribution in [-0.4, -0.2) is 82.3 Å². The molecule has 2 atom stereocenters. The molecule has 398 valence electrons. The Bertz CT molecular complexity index is 1210. The van der Waals surface area contributed by atoms with Gasteiger partial charge in [-0.25, -0.2) is 0 Å². The average Bonchev–Trinajstić information content (AvgIpc) is 3.30. The van der Waals surface area contributed by atoms with Gasteiger partial charge in [-0.2, -0.15) is 0 Å². The zero-order valence-corrected chi connectivity index (χ0v) is 45.2. The summed E-state index contributed by atoms with van der Waals surface area (Å²) in [5.74, 6) is -2.29. The van der Waals surface area contributed by atoms with Gasteiger partial charge in [0.1, 0.15) is 13.2 Å². The van der Waals surface area contributed by atoms with Crippen LogP contribution in [0.2, 0.25) is 0 Å². The van der Waals surface area contributed by atoms with Gasteiger partial charge < -0.3 is 33.3 Å². The summed E-state index contributed by atoms with van der Waals surface area (Å²) in [4.78, 5) is 37.3. The molecule has 0 N–H and O–H groups in total. The molecular formula is C59H109NO8. The second-order valence-corrected chi connectivity index (χ2v) is 20.6. The van der Waals surface area contributed by atoms with Crippen LogP contribution in [0.4, 0.5) is 0 Å². The number of hydrogen-bond donors (Lipinski definition) is 0. The lowest BCUT2D eigenvalue weighted by atomic mass is 10.0. The number of allylic oxidation sites excluding steroid dienone is 6. The summed E-state index contributed by atoms with van der Waals surface area (Å²) in [6.45, 7) is 4.76. The highest BCUT2D eigenvalue weighted by Crippen LogP contribution is 2.17. The molecule has 9 heteroatoms. The first kappa shape index (κ1) is 65.5. The highest BCUT2D eigenvalue weighted by Gasteiger charge is 2.22. The van der Waals surface area contributed by atoms with E-state index in [1.165, 1.54) is 161 Å². The van der Waals surface area contributed by atoms with Crippen molar-refractivity contribution < 1.29 is 42.9 Å². The van der Waals surface area contributed by atoms with Gasteiger partial charge in [-0.3, -0.25) is 9.59 Å². The van der Waals surface area contributed by atoms with E-state index in [1.54, 1.807) is 0 Å². The zero-order chi connectivity index (χ0) is 49.9. The van der Waals surface area contributed by atoms with Gasteiger partial charge in [0, 0.05) is 12.8 Å². The number of carbonyl (C=O) groups is 3. The number of ether oxygens (including phenoxy) is 4. The average molecular weight is 961 g/mol. The van der Waals surface area contributed by atoms with E-state index in [1.807, 2.05) is 21.1 Å². The second kappa shape index (κ2) is 50.9. The van der Waals surface area contributed by atoms with Crippen LogP contribution in [0.1, 0.15) is 264 Å². The third kappa shape index (κ3) is 51.4. The molecule has 0 rings (SSSR count). The molecule has 0 aliphatic carbocycles. The Morgan fingerprint density at radius 2 is 0.794 bits per heavy atom. The van der Waals surface area contributed by atoms with Crippen LogP contribution >= 0.6 is 0 Å². The Morgan fingerprint density at radius 1 is 0.441 bits per heavy atom. The van der Waals surface area contributed by atoms with Gasteiger partial charge >= 0.3 is 11.9 Å². The maximum atomic E-state index is 12.8. The number of likely N-dealkylation sites (N-methyl/N-ethyl adjacent to an activating group) is 1. The molecule has 0 aliphatic rings. The molecule has 68 heavy (non-hydrogen) atoms. The van der Waals surface area contributed by atoms with Crippen LogP contribution in [-0.2, 0) is 33.3 Å². The maximum absolute atomic E-state index is 12.8. The standard InChI is InChI=1S/C59H109NO8/c1-6-8-10-12-14-16-18-20-22-24-26-28-30-31-33-35-37-39-41-43-45-47-49-56(61)66-53-55(54-67-59(58(63)64)65-52-51-60(3,4)5)68-57(62)50-48-46-44-42-40-38-36-34-32-29-27-25-23-21-19-17-15-13-11-9-7-2/h19,21,25,27,32,34,55,59H,6-18,20,22-24,26,28-31,33,35-54H2,1-5H3/b21-19-,27-25-,34-32-. The molecule has 0 saturated heterocycles. The number of quaternary nitrogens is 1. The van der Waals surface area contributed by atoms with E-state index < -0.39 is 24.3 Å². The number of rotatable bonds is 53. The molecule has 2 unspecified atom stereocenters. The lowest BCUT2D eigenvalue weighted by molar-refractivity contribution is -0.870. The van der Waals surface area contributed by atoms with E-state index in [9.17, 15) is 19.5 Å². The van der Waals surface area contributed by atoms with Gasteiger partial charge in [0.15, 0.2) is 12.4 Å². The largest absolute Gasteiger partial charge is 0.545 e. The van der Waals surface area contributed by atoms with Crippen LogP contribution in [0, 0.1) is 0 Å². The summed E-state index contributed by atoms with van der Waals surface area (Å²) in [5, 5.41) is 11.8. The molecule has 0 aliphatic heterocycles. The minimum Gasteiger partial charge on any atom is -0.545 e. The predicted molar refractivity (Wildman–Crippen MR) is 283 cm³/mol. The van der Waals surface area contributed by atoms with Gasteiger partial charge in [-0.1, -0.05) is 237 Å². The van der Waals surface area contributed by atoms with Gasteiger partial charge in [0.25, 0.3) is 0 Å². The first-order valence-electron chi connectivity index (χ1n) is 28.6. The molecule has 0 aromatic carbocycles. The molecular weight excluding hydrogens is 851 g/mol. The van der Waals surface area contributed by atoms with Gasteiger partial charge in [0.05, 0.1) is 40.3 Å². The van der Waals surface area contributed by atoms with Crippen molar-refractivity contribution in [1.82, 2.24) is 0 Å². The van der Waals surface area contributed by atoms with E-state index >= 15 is 0 Å². The molecule has 0 heterocycles. The lowest BCUT2D eigenvalue weighted by Gasteiger charge is -2.26. The lowest BCUT2D eigenvalue weighted by Crippen LogP contribution is -2.44. The minimum absolute atomic E-state index is 0.146. The summed E-state index contributed by atoms with van der Waals surface area (Å²) in [6.07, 6.45) is 57.6. The smallest absolute Gasteiger partial charge is 0.306 e. The number of carboxylic acids is 1. The normalized spacial score (nSPS) is 13.0. The van der Waals surface area contributed by atoms with Crippen molar-refractivity contribution in [2.24, 2.45) is 0 Å². The fourth-order valence-electron chi connectivity index (χ4n) is 8.19. The van der Waals surface area contributed by atoms with E-state index in [4.69, 9.17) is 18.9 Å². The molecule has 0 amide bonds. The SMILES string of the molecule is CCCCCCC/C=C\C/C=C\C/C=C\CCCCCCCCC(=O)OC(COC(=O)CCCCCCCCCCCCCCCCCCCCCCCC)COC(OCC[N+](C)(C)C)C(=O)[O-]. The first-order valence-corrected chi connectivity index (χ1v) is 28.6.